The number of hydrogen-bond donors (Lipinski definition) is 2. The zero-order valence-electron chi connectivity index (χ0n) is 21.0. The molecule has 4 atom stereocenters. The van der Waals surface area contributed by atoms with Gasteiger partial charge in [-0.1, -0.05) is 70.5 Å². The lowest BCUT2D eigenvalue weighted by molar-refractivity contribution is -0.147. The predicted molar refractivity (Wildman–Crippen MR) is 136 cm³/mol. The summed E-state index contributed by atoms with van der Waals surface area (Å²) in [6, 6.07) is 11.8. The second kappa shape index (κ2) is 12.9. The molecule has 0 saturated carbocycles. The van der Waals surface area contributed by atoms with Gasteiger partial charge in [0.2, 0.25) is 11.8 Å². The molecule has 0 aliphatic heterocycles. The van der Waals surface area contributed by atoms with E-state index >= 15 is 0 Å². The molecule has 0 spiro atoms. The molecule has 7 heteroatoms. The number of rotatable bonds is 11. The lowest BCUT2D eigenvalue weighted by Gasteiger charge is -2.27. The molecule has 7 nitrogen and oxygen atoms in total. The van der Waals surface area contributed by atoms with E-state index in [1.165, 1.54) is 0 Å². The van der Waals surface area contributed by atoms with Crippen molar-refractivity contribution >= 4 is 34.8 Å². The van der Waals surface area contributed by atoms with Crippen molar-refractivity contribution in [3.8, 4) is 0 Å². The first-order chi connectivity index (χ1) is 16.2. The minimum Gasteiger partial charge on any atom is -0.464 e. The van der Waals surface area contributed by atoms with Crippen molar-refractivity contribution in [2.75, 3.05) is 6.61 Å². The molecule has 34 heavy (non-hydrogen) atoms. The molecule has 2 N–H and O–H groups in total. The molecular formula is C27H37N3O4. The summed E-state index contributed by atoms with van der Waals surface area (Å²) >= 11 is 0. The number of carbonyl (C=O) groups is 3. The number of hydrogen-bond acceptors (Lipinski definition) is 5. The molecule has 0 fully saturated rings. The summed E-state index contributed by atoms with van der Waals surface area (Å²) < 4.78 is 4.96. The van der Waals surface area contributed by atoms with Crippen LogP contribution in [0.1, 0.15) is 53.5 Å². The molecule has 2 rings (SSSR count). The van der Waals surface area contributed by atoms with Gasteiger partial charge in [0.1, 0.15) is 18.1 Å². The zero-order valence-corrected chi connectivity index (χ0v) is 21.0. The number of nitrogens with one attached hydrogen (secondary N) is 2. The van der Waals surface area contributed by atoms with E-state index in [2.05, 4.69) is 15.6 Å². The highest BCUT2D eigenvalue weighted by Gasteiger charge is 2.31. The first kappa shape index (κ1) is 27.0. The average Bonchev–Trinajstić information content (AvgIpc) is 2.81. The summed E-state index contributed by atoms with van der Waals surface area (Å²) in [5.41, 5.74) is 0.900. The molecular weight excluding hydrogens is 430 g/mol. The van der Waals surface area contributed by atoms with Crippen molar-refractivity contribution < 1.29 is 19.1 Å². The second-order valence-corrected chi connectivity index (χ2v) is 8.93. The lowest BCUT2D eigenvalue weighted by Crippen LogP contribution is -2.55. The molecule has 2 aromatic carbocycles. The third-order valence-corrected chi connectivity index (χ3v) is 5.85. The maximum absolute atomic E-state index is 13.2. The first-order valence-corrected chi connectivity index (χ1v) is 12.0. The van der Waals surface area contributed by atoms with Crippen LogP contribution in [0.2, 0.25) is 0 Å². The molecule has 0 radical (unpaired) electrons. The highest BCUT2D eigenvalue weighted by atomic mass is 16.5. The highest BCUT2D eigenvalue weighted by molar-refractivity contribution is 5.94. The fourth-order valence-corrected chi connectivity index (χ4v) is 3.57. The van der Waals surface area contributed by atoms with E-state index in [-0.39, 0.29) is 24.3 Å². The van der Waals surface area contributed by atoms with Crippen molar-refractivity contribution in [3.05, 3.63) is 48.0 Å². The van der Waals surface area contributed by atoms with Crippen molar-refractivity contribution in [2.45, 2.75) is 66.1 Å². The van der Waals surface area contributed by atoms with Gasteiger partial charge in [-0.3, -0.25) is 14.6 Å². The van der Waals surface area contributed by atoms with Crippen LogP contribution < -0.4 is 10.6 Å². The van der Waals surface area contributed by atoms with E-state index in [9.17, 15) is 14.4 Å². The van der Waals surface area contributed by atoms with E-state index in [4.69, 9.17) is 4.74 Å². The molecule has 184 valence electrons. The van der Waals surface area contributed by atoms with E-state index in [0.29, 0.717) is 6.42 Å². The van der Waals surface area contributed by atoms with Crippen LogP contribution in [0.4, 0.5) is 0 Å². The summed E-state index contributed by atoms with van der Waals surface area (Å²) in [5.74, 6) is -1.45. The standard InChI is InChI=1S/C27H37N3O4/c1-7-18(5)24(26(32)29-19(6)27(33)34-8-2)30-25(31)23(17(3)4)28-16-20-13-14-21-11-9-10-12-22(21)15-20/h9-19,23-24H,7-8H2,1-6H3,(H,29,32)(H,30,31)/t18-,19-,23-,24-/m0/s1. The Kier molecular flexibility index (Phi) is 10.2. The Morgan fingerprint density at radius 1 is 0.941 bits per heavy atom. The van der Waals surface area contributed by atoms with Crippen LogP contribution in [-0.4, -0.2) is 48.7 Å². The monoisotopic (exact) mass is 467 g/mol. The van der Waals surface area contributed by atoms with Gasteiger partial charge in [-0.05, 0) is 48.1 Å². The lowest BCUT2D eigenvalue weighted by atomic mass is 9.96. The molecule has 2 aromatic rings. The molecule has 0 aliphatic carbocycles. The Hall–Kier alpha value is -3.22. The Morgan fingerprint density at radius 3 is 2.24 bits per heavy atom. The van der Waals surface area contributed by atoms with Crippen molar-refractivity contribution in [1.82, 2.24) is 10.6 Å². The van der Waals surface area contributed by atoms with Crippen LogP contribution in [-0.2, 0) is 19.1 Å². The van der Waals surface area contributed by atoms with Gasteiger partial charge in [-0.15, -0.1) is 0 Å². The number of fused-ring (bicyclic) bond motifs is 1. The van der Waals surface area contributed by atoms with Gasteiger partial charge in [0, 0.05) is 6.21 Å². The van der Waals surface area contributed by atoms with Gasteiger partial charge >= 0.3 is 5.97 Å². The Labute approximate surface area is 202 Å². The van der Waals surface area contributed by atoms with Gasteiger partial charge < -0.3 is 15.4 Å². The third kappa shape index (κ3) is 7.40. The summed E-state index contributed by atoms with van der Waals surface area (Å²) in [6.07, 6.45) is 2.39. The van der Waals surface area contributed by atoms with Crippen LogP contribution in [0.3, 0.4) is 0 Å². The molecule has 0 aromatic heterocycles. The molecule has 2 amide bonds. The van der Waals surface area contributed by atoms with E-state index in [0.717, 1.165) is 16.3 Å². The van der Waals surface area contributed by atoms with Crippen molar-refractivity contribution in [1.29, 1.82) is 0 Å². The summed E-state index contributed by atoms with van der Waals surface area (Å²) in [5, 5.41) is 7.77. The van der Waals surface area contributed by atoms with E-state index in [1.54, 1.807) is 20.1 Å². The minimum atomic E-state index is -0.803. The molecule has 0 saturated heterocycles. The van der Waals surface area contributed by atoms with Crippen molar-refractivity contribution in [2.24, 2.45) is 16.8 Å². The van der Waals surface area contributed by atoms with Gasteiger partial charge in [-0.2, -0.15) is 0 Å². The third-order valence-electron chi connectivity index (χ3n) is 5.85. The average molecular weight is 468 g/mol. The van der Waals surface area contributed by atoms with Crippen LogP contribution in [0.15, 0.2) is 47.5 Å². The van der Waals surface area contributed by atoms with Crippen LogP contribution >= 0.6 is 0 Å². The number of ether oxygens (including phenoxy) is 1. The maximum Gasteiger partial charge on any atom is 0.328 e. The van der Waals surface area contributed by atoms with Crippen LogP contribution in [0, 0.1) is 11.8 Å². The second-order valence-electron chi connectivity index (χ2n) is 8.93. The number of aliphatic imine (C=N–C) groups is 1. The van der Waals surface area contributed by atoms with E-state index < -0.39 is 30.0 Å². The summed E-state index contributed by atoms with van der Waals surface area (Å²) in [6.45, 7) is 11.2. The van der Waals surface area contributed by atoms with Crippen molar-refractivity contribution in [3.63, 3.8) is 0 Å². The highest BCUT2D eigenvalue weighted by Crippen LogP contribution is 2.16. The molecule has 0 bridgehead atoms. The van der Waals surface area contributed by atoms with E-state index in [1.807, 2.05) is 70.2 Å². The zero-order chi connectivity index (χ0) is 25.3. The molecule has 0 unspecified atom stereocenters. The summed E-state index contributed by atoms with van der Waals surface area (Å²) in [7, 11) is 0. The minimum absolute atomic E-state index is 0.0733. The molecule has 0 heterocycles. The smallest absolute Gasteiger partial charge is 0.328 e. The van der Waals surface area contributed by atoms with Gasteiger partial charge in [-0.25, -0.2) is 4.79 Å². The number of esters is 1. The Morgan fingerprint density at radius 2 is 1.62 bits per heavy atom. The van der Waals surface area contributed by atoms with Crippen LogP contribution in [0.5, 0.6) is 0 Å². The SMILES string of the molecule is CCOC(=O)[C@H](C)NC(=O)[C@@H](NC(=O)[C@@H](N=Cc1ccc2ccccc2c1)C(C)C)[C@@H](C)CC. The Balaban J connectivity index is 2.16. The topological polar surface area (TPSA) is 96.9 Å². The van der Waals surface area contributed by atoms with Gasteiger partial charge in [0.25, 0.3) is 0 Å². The van der Waals surface area contributed by atoms with Gasteiger partial charge in [0.05, 0.1) is 6.61 Å². The van der Waals surface area contributed by atoms with Crippen LogP contribution in [0.25, 0.3) is 10.8 Å². The fraction of sp³-hybridized carbons (Fsp3) is 0.481. The fourth-order valence-electron chi connectivity index (χ4n) is 3.57. The number of benzene rings is 2. The predicted octanol–water partition coefficient (Wildman–Crippen LogP) is 3.88. The normalized spacial score (nSPS) is 15.0. The number of amides is 2. The maximum atomic E-state index is 13.2. The van der Waals surface area contributed by atoms with Gasteiger partial charge in [0.15, 0.2) is 0 Å². The summed E-state index contributed by atoms with van der Waals surface area (Å²) in [4.78, 5) is 42.6. The number of nitrogens with zero attached hydrogens (tertiary/aromatic N) is 1. The number of carbonyl (C=O) groups excluding carboxylic acids is 3. The molecule has 0 aliphatic rings. The Bertz CT molecular complexity index is 1020. The largest absolute Gasteiger partial charge is 0.464 e. The quantitative estimate of drug-likeness (QED) is 0.387. The first-order valence-electron chi connectivity index (χ1n) is 12.0.